The molecule has 17 heavy (non-hydrogen) atoms. The maximum atomic E-state index is 12.2. The molecule has 2 unspecified atom stereocenters. The van der Waals surface area contributed by atoms with Gasteiger partial charge in [0.1, 0.15) is 0 Å². The Balaban J connectivity index is 2.32. The average Bonchev–Trinajstić information content (AvgIpc) is 2.60. The summed E-state index contributed by atoms with van der Waals surface area (Å²) in [5, 5.41) is 18.8. The fraction of sp³-hybridized carbons (Fsp3) is 0.455. The van der Waals surface area contributed by atoms with Crippen LogP contribution in [0, 0.1) is 6.92 Å². The Morgan fingerprint density at radius 3 is 2.35 bits per heavy atom. The standard InChI is InChI=1S/C11H15NO4S/c1-8-3-2-4-9(5-8)17(15,16)12-6-10(13)11(14)7-12/h2-5,10-11,13-14H,6-7H2,1H3. The first-order valence-corrected chi connectivity index (χ1v) is 6.78. The highest BCUT2D eigenvalue weighted by molar-refractivity contribution is 7.89. The Kier molecular flexibility index (Phi) is 3.22. The van der Waals surface area contributed by atoms with Gasteiger partial charge in [0.05, 0.1) is 17.1 Å². The molecule has 5 nitrogen and oxygen atoms in total. The van der Waals surface area contributed by atoms with Crippen molar-refractivity contribution >= 4 is 10.0 Å². The van der Waals surface area contributed by atoms with Gasteiger partial charge in [-0.15, -0.1) is 0 Å². The van der Waals surface area contributed by atoms with Crippen LogP contribution in [0.4, 0.5) is 0 Å². The fourth-order valence-electron chi connectivity index (χ4n) is 1.86. The summed E-state index contributed by atoms with van der Waals surface area (Å²) in [7, 11) is -3.61. The minimum atomic E-state index is -3.61. The van der Waals surface area contributed by atoms with Crippen molar-refractivity contribution in [3.63, 3.8) is 0 Å². The lowest BCUT2D eigenvalue weighted by Crippen LogP contribution is -2.30. The summed E-state index contributed by atoms with van der Waals surface area (Å²) in [5.41, 5.74) is 0.853. The van der Waals surface area contributed by atoms with Gasteiger partial charge in [-0.2, -0.15) is 4.31 Å². The molecular formula is C11H15NO4S. The van der Waals surface area contributed by atoms with Crippen molar-refractivity contribution in [2.75, 3.05) is 13.1 Å². The minimum Gasteiger partial charge on any atom is -0.389 e. The zero-order valence-corrected chi connectivity index (χ0v) is 10.3. The van der Waals surface area contributed by atoms with Gasteiger partial charge in [0.2, 0.25) is 10.0 Å². The van der Waals surface area contributed by atoms with Gasteiger partial charge < -0.3 is 10.2 Å². The molecule has 0 aromatic heterocycles. The zero-order valence-electron chi connectivity index (χ0n) is 9.44. The van der Waals surface area contributed by atoms with Crippen LogP contribution in [0.15, 0.2) is 29.2 Å². The highest BCUT2D eigenvalue weighted by Gasteiger charge is 2.37. The highest BCUT2D eigenvalue weighted by Crippen LogP contribution is 2.21. The van der Waals surface area contributed by atoms with Crippen molar-refractivity contribution in [2.24, 2.45) is 0 Å². The number of aliphatic hydroxyl groups excluding tert-OH is 2. The van der Waals surface area contributed by atoms with Crippen molar-refractivity contribution in [3.05, 3.63) is 29.8 Å². The predicted molar refractivity (Wildman–Crippen MR) is 62.0 cm³/mol. The quantitative estimate of drug-likeness (QED) is 0.764. The monoisotopic (exact) mass is 257 g/mol. The summed E-state index contributed by atoms with van der Waals surface area (Å²) in [6.07, 6.45) is -2.01. The van der Waals surface area contributed by atoms with E-state index >= 15 is 0 Å². The van der Waals surface area contributed by atoms with Gasteiger partial charge in [-0.1, -0.05) is 12.1 Å². The van der Waals surface area contributed by atoms with Crippen molar-refractivity contribution < 1.29 is 18.6 Å². The number of nitrogens with zero attached hydrogens (tertiary/aromatic N) is 1. The number of hydrogen-bond donors (Lipinski definition) is 2. The minimum absolute atomic E-state index is 0.0581. The molecule has 1 heterocycles. The Bertz CT molecular complexity index is 504. The normalized spacial score (nSPS) is 26.3. The second-order valence-corrected chi connectivity index (χ2v) is 6.21. The summed E-state index contributed by atoms with van der Waals surface area (Å²) >= 11 is 0. The van der Waals surface area contributed by atoms with Gasteiger partial charge in [-0.3, -0.25) is 0 Å². The molecule has 6 heteroatoms. The molecular weight excluding hydrogens is 242 g/mol. The predicted octanol–water partition coefficient (Wildman–Crippen LogP) is -0.279. The summed E-state index contributed by atoms with van der Waals surface area (Å²) in [4.78, 5) is 0.193. The Morgan fingerprint density at radius 1 is 1.24 bits per heavy atom. The molecule has 1 aliphatic heterocycles. The SMILES string of the molecule is Cc1cccc(S(=O)(=O)N2CC(O)C(O)C2)c1. The number of sulfonamides is 1. The largest absolute Gasteiger partial charge is 0.389 e. The molecule has 1 aromatic carbocycles. The molecule has 2 N–H and O–H groups in total. The van der Waals surface area contributed by atoms with E-state index in [0.717, 1.165) is 9.87 Å². The second kappa shape index (κ2) is 4.38. The zero-order chi connectivity index (χ0) is 12.6. The van der Waals surface area contributed by atoms with Crippen LogP contribution < -0.4 is 0 Å². The topological polar surface area (TPSA) is 77.8 Å². The number of hydrogen-bond acceptors (Lipinski definition) is 4. The lowest BCUT2D eigenvalue weighted by molar-refractivity contribution is 0.0572. The molecule has 1 fully saturated rings. The van der Waals surface area contributed by atoms with Crippen molar-refractivity contribution in [2.45, 2.75) is 24.0 Å². The summed E-state index contributed by atoms with van der Waals surface area (Å²) in [6.45, 7) is 1.70. The van der Waals surface area contributed by atoms with Gasteiger partial charge in [0.15, 0.2) is 0 Å². The first-order chi connectivity index (χ1) is 7.91. The van der Waals surface area contributed by atoms with Crippen LogP contribution in [0.5, 0.6) is 0 Å². The number of aryl methyl sites for hydroxylation is 1. The van der Waals surface area contributed by atoms with Gasteiger partial charge in [-0.05, 0) is 24.6 Å². The van der Waals surface area contributed by atoms with Crippen molar-refractivity contribution in [3.8, 4) is 0 Å². The molecule has 1 aliphatic rings. The third-order valence-electron chi connectivity index (χ3n) is 2.85. The summed E-state index contributed by atoms with van der Waals surface area (Å²) in [6, 6.07) is 6.57. The van der Waals surface area contributed by atoms with Gasteiger partial charge in [0, 0.05) is 13.1 Å². The fourth-order valence-corrected chi connectivity index (χ4v) is 3.44. The maximum absolute atomic E-state index is 12.2. The van der Waals surface area contributed by atoms with Crippen molar-refractivity contribution in [1.82, 2.24) is 4.31 Å². The first kappa shape index (κ1) is 12.5. The van der Waals surface area contributed by atoms with E-state index in [2.05, 4.69) is 0 Å². The van der Waals surface area contributed by atoms with E-state index in [1.165, 1.54) is 6.07 Å². The Hall–Kier alpha value is -0.950. The van der Waals surface area contributed by atoms with Crippen molar-refractivity contribution in [1.29, 1.82) is 0 Å². The van der Waals surface area contributed by atoms with Crippen LogP contribution in [0.1, 0.15) is 5.56 Å². The van der Waals surface area contributed by atoms with Crippen LogP contribution in [-0.2, 0) is 10.0 Å². The lowest BCUT2D eigenvalue weighted by atomic mass is 10.2. The maximum Gasteiger partial charge on any atom is 0.243 e. The van der Waals surface area contributed by atoms with E-state index in [9.17, 15) is 18.6 Å². The van der Waals surface area contributed by atoms with E-state index in [1.807, 2.05) is 13.0 Å². The Morgan fingerprint density at radius 2 is 1.82 bits per heavy atom. The van der Waals surface area contributed by atoms with Gasteiger partial charge in [-0.25, -0.2) is 8.42 Å². The van der Waals surface area contributed by atoms with Gasteiger partial charge >= 0.3 is 0 Å². The number of aliphatic hydroxyl groups is 2. The van der Waals surface area contributed by atoms with E-state index in [1.54, 1.807) is 12.1 Å². The molecule has 0 aliphatic carbocycles. The van der Waals surface area contributed by atoms with E-state index in [-0.39, 0.29) is 18.0 Å². The molecule has 0 amide bonds. The lowest BCUT2D eigenvalue weighted by Gasteiger charge is -2.15. The first-order valence-electron chi connectivity index (χ1n) is 5.34. The molecule has 0 saturated carbocycles. The van der Waals surface area contributed by atoms with E-state index in [0.29, 0.717) is 0 Å². The molecule has 1 aromatic rings. The molecule has 2 atom stereocenters. The van der Waals surface area contributed by atoms with Crippen LogP contribution in [0.25, 0.3) is 0 Å². The third-order valence-corrected chi connectivity index (χ3v) is 4.68. The Labute approximate surface area is 100 Å². The van der Waals surface area contributed by atoms with E-state index < -0.39 is 22.2 Å². The molecule has 94 valence electrons. The number of rotatable bonds is 2. The molecule has 0 radical (unpaired) electrons. The summed E-state index contributed by atoms with van der Waals surface area (Å²) < 4.78 is 25.5. The number of benzene rings is 1. The van der Waals surface area contributed by atoms with E-state index in [4.69, 9.17) is 0 Å². The third kappa shape index (κ3) is 2.35. The van der Waals surface area contributed by atoms with Crippen LogP contribution in [0.2, 0.25) is 0 Å². The second-order valence-electron chi connectivity index (χ2n) is 4.27. The van der Waals surface area contributed by atoms with Crippen LogP contribution in [0.3, 0.4) is 0 Å². The molecule has 2 rings (SSSR count). The molecule has 0 spiro atoms. The number of β-amino-alcohol motifs (C(OH)–C–C–N with tert-alkyl or cyclic N) is 2. The smallest absolute Gasteiger partial charge is 0.243 e. The van der Waals surface area contributed by atoms with Crippen LogP contribution in [-0.4, -0.2) is 48.2 Å². The van der Waals surface area contributed by atoms with Crippen LogP contribution >= 0.6 is 0 Å². The van der Waals surface area contributed by atoms with Gasteiger partial charge in [0.25, 0.3) is 0 Å². The summed E-state index contributed by atoms with van der Waals surface area (Å²) in [5.74, 6) is 0. The average molecular weight is 257 g/mol. The molecule has 0 bridgehead atoms. The highest BCUT2D eigenvalue weighted by atomic mass is 32.2. The molecule has 1 saturated heterocycles.